The predicted molar refractivity (Wildman–Crippen MR) is 77.2 cm³/mol. The molecule has 1 aromatic carbocycles. The number of hydrogen-bond donors (Lipinski definition) is 1. The average Bonchev–Trinajstić information content (AvgIpc) is 2.45. The lowest BCUT2D eigenvalue weighted by Crippen LogP contribution is -2.54. The Morgan fingerprint density at radius 3 is 2.70 bits per heavy atom. The number of nitrogens with zero attached hydrogens (tertiary/aromatic N) is 1. The second-order valence-electron chi connectivity index (χ2n) is 4.73. The molecule has 0 aliphatic carbocycles. The molecular weight excluding hydrogens is 256 g/mol. The SMILES string of the molecule is CCOc1ccccc1OCCN1CCNC(C)C1=O. The predicted octanol–water partition coefficient (Wildman–Crippen LogP) is 1.28. The molecule has 0 saturated carbocycles. The van der Waals surface area contributed by atoms with Crippen LogP contribution in [0.25, 0.3) is 0 Å². The zero-order valence-electron chi connectivity index (χ0n) is 12.1. The standard InChI is InChI=1S/C15H22N2O3/c1-3-19-13-6-4-5-7-14(13)20-11-10-17-9-8-16-12(2)15(17)18/h4-7,12,16H,3,8-11H2,1-2H3. The monoisotopic (exact) mass is 278 g/mol. The minimum absolute atomic E-state index is 0.0977. The molecule has 110 valence electrons. The highest BCUT2D eigenvalue weighted by Crippen LogP contribution is 2.26. The molecule has 1 aliphatic rings. The highest BCUT2D eigenvalue weighted by atomic mass is 16.5. The third-order valence-electron chi connectivity index (χ3n) is 3.28. The van der Waals surface area contributed by atoms with Gasteiger partial charge >= 0.3 is 0 Å². The molecule has 1 heterocycles. The van der Waals surface area contributed by atoms with Crippen molar-refractivity contribution >= 4 is 5.91 Å². The van der Waals surface area contributed by atoms with E-state index in [1.54, 1.807) is 0 Å². The lowest BCUT2D eigenvalue weighted by Gasteiger charge is -2.31. The zero-order chi connectivity index (χ0) is 14.4. The van der Waals surface area contributed by atoms with Crippen molar-refractivity contribution in [3.05, 3.63) is 24.3 Å². The first-order valence-corrected chi connectivity index (χ1v) is 7.09. The molecule has 1 saturated heterocycles. The third-order valence-corrected chi connectivity index (χ3v) is 3.28. The molecule has 1 unspecified atom stereocenters. The number of piperazine rings is 1. The normalized spacial score (nSPS) is 19.0. The molecule has 2 rings (SSSR count). The number of ether oxygens (including phenoxy) is 2. The van der Waals surface area contributed by atoms with Crippen molar-refractivity contribution in [3.8, 4) is 11.5 Å². The Morgan fingerprint density at radius 1 is 1.30 bits per heavy atom. The van der Waals surface area contributed by atoms with Gasteiger partial charge in [0.1, 0.15) is 6.61 Å². The maximum Gasteiger partial charge on any atom is 0.239 e. The first-order valence-electron chi connectivity index (χ1n) is 7.09. The van der Waals surface area contributed by atoms with Crippen LogP contribution >= 0.6 is 0 Å². The van der Waals surface area contributed by atoms with Crippen molar-refractivity contribution in [2.45, 2.75) is 19.9 Å². The number of hydrogen-bond acceptors (Lipinski definition) is 4. The van der Waals surface area contributed by atoms with Gasteiger partial charge in [-0.25, -0.2) is 0 Å². The quantitative estimate of drug-likeness (QED) is 0.852. The molecule has 1 atom stereocenters. The van der Waals surface area contributed by atoms with E-state index in [0.717, 1.165) is 24.6 Å². The summed E-state index contributed by atoms with van der Waals surface area (Å²) in [6, 6.07) is 7.50. The van der Waals surface area contributed by atoms with Gasteiger partial charge in [0.15, 0.2) is 11.5 Å². The molecule has 1 fully saturated rings. The van der Waals surface area contributed by atoms with Crippen LogP contribution in [-0.2, 0) is 4.79 Å². The van der Waals surface area contributed by atoms with E-state index < -0.39 is 0 Å². The van der Waals surface area contributed by atoms with Gasteiger partial charge in [0.25, 0.3) is 0 Å². The van der Waals surface area contributed by atoms with Crippen LogP contribution < -0.4 is 14.8 Å². The van der Waals surface area contributed by atoms with Gasteiger partial charge in [-0.2, -0.15) is 0 Å². The van der Waals surface area contributed by atoms with Gasteiger partial charge in [-0.15, -0.1) is 0 Å². The van der Waals surface area contributed by atoms with E-state index in [1.165, 1.54) is 0 Å². The fourth-order valence-electron chi connectivity index (χ4n) is 2.22. The van der Waals surface area contributed by atoms with Gasteiger partial charge in [-0.1, -0.05) is 12.1 Å². The Bertz CT molecular complexity index is 450. The van der Waals surface area contributed by atoms with Gasteiger partial charge in [-0.05, 0) is 26.0 Å². The smallest absolute Gasteiger partial charge is 0.239 e. The van der Waals surface area contributed by atoms with Crippen molar-refractivity contribution in [2.75, 3.05) is 32.8 Å². The topological polar surface area (TPSA) is 50.8 Å². The summed E-state index contributed by atoms with van der Waals surface area (Å²) in [5.74, 6) is 1.61. The number of rotatable bonds is 6. The summed E-state index contributed by atoms with van der Waals surface area (Å²) >= 11 is 0. The fraction of sp³-hybridized carbons (Fsp3) is 0.533. The fourth-order valence-corrected chi connectivity index (χ4v) is 2.22. The first-order chi connectivity index (χ1) is 9.72. The summed E-state index contributed by atoms with van der Waals surface area (Å²) in [6.45, 7) is 7.08. The Kier molecular flexibility index (Phi) is 5.24. The summed E-state index contributed by atoms with van der Waals surface area (Å²) in [7, 11) is 0. The largest absolute Gasteiger partial charge is 0.490 e. The van der Waals surface area contributed by atoms with Crippen molar-refractivity contribution in [2.24, 2.45) is 0 Å². The number of carbonyl (C=O) groups excluding carboxylic acids is 1. The van der Waals surface area contributed by atoms with E-state index in [9.17, 15) is 4.79 Å². The molecule has 0 radical (unpaired) electrons. The van der Waals surface area contributed by atoms with Crippen LogP contribution in [0.4, 0.5) is 0 Å². The van der Waals surface area contributed by atoms with E-state index in [0.29, 0.717) is 19.8 Å². The van der Waals surface area contributed by atoms with Gasteiger partial charge in [0, 0.05) is 13.1 Å². The summed E-state index contributed by atoms with van der Waals surface area (Å²) in [6.07, 6.45) is 0. The molecule has 1 aromatic rings. The van der Waals surface area contributed by atoms with E-state index >= 15 is 0 Å². The van der Waals surface area contributed by atoms with Crippen LogP contribution in [0.3, 0.4) is 0 Å². The van der Waals surface area contributed by atoms with Crippen molar-refractivity contribution in [1.82, 2.24) is 10.2 Å². The highest BCUT2D eigenvalue weighted by Gasteiger charge is 2.24. The molecule has 1 aliphatic heterocycles. The van der Waals surface area contributed by atoms with Crippen LogP contribution in [0.15, 0.2) is 24.3 Å². The van der Waals surface area contributed by atoms with Gasteiger partial charge < -0.3 is 19.7 Å². The Labute approximate surface area is 119 Å². The minimum atomic E-state index is -0.0977. The van der Waals surface area contributed by atoms with Gasteiger partial charge in [0.05, 0.1) is 19.2 Å². The van der Waals surface area contributed by atoms with Crippen LogP contribution in [0.1, 0.15) is 13.8 Å². The second kappa shape index (κ2) is 7.14. The second-order valence-corrected chi connectivity index (χ2v) is 4.73. The Morgan fingerprint density at radius 2 is 2.00 bits per heavy atom. The number of benzene rings is 1. The maximum absolute atomic E-state index is 11.9. The molecule has 0 aromatic heterocycles. The molecule has 0 spiro atoms. The summed E-state index contributed by atoms with van der Waals surface area (Å²) in [4.78, 5) is 13.8. The van der Waals surface area contributed by atoms with Crippen molar-refractivity contribution in [3.63, 3.8) is 0 Å². The summed E-state index contributed by atoms with van der Waals surface area (Å²) in [5.41, 5.74) is 0. The number of para-hydroxylation sites is 2. The lowest BCUT2D eigenvalue weighted by atomic mass is 10.2. The molecule has 1 amide bonds. The van der Waals surface area contributed by atoms with E-state index in [1.807, 2.05) is 43.0 Å². The van der Waals surface area contributed by atoms with Crippen LogP contribution in [-0.4, -0.2) is 49.7 Å². The van der Waals surface area contributed by atoms with E-state index in [2.05, 4.69) is 5.32 Å². The van der Waals surface area contributed by atoms with Gasteiger partial charge in [-0.3, -0.25) is 4.79 Å². The lowest BCUT2D eigenvalue weighted by molar-refractivity contribution is -0.135. The molecule has 20 heavy (non-hydrogen) atoms. The maximum atomic E-state index is 11.9. The minimum Gasteiger partial charge on any atom is -0.490 e. The van der Waals surface area contributed by atoms with Crippen LogP contribution in [0.5, 0.6) is 11.5 Å². The van der Waals surface area contributed by atoms with Crippen LogP contribution in [0, 0.1) is 0 Å². The molecule has 5 nitrogen and oxygen atoms in total. The van der Waals surface area contributed by atoms with Crippen LogP contribution in [0.2, 0.25) is 0 Å². The highest BCUT2D eigenvalue weighted by molar-refractivity contribution is 5.82. The molecular formula is C15H22N2O3. The first kappa shape index (κ1) is 14.7. The molecule has 1 N–H and O–H groups in total. The summed E-state index contributed by atoms with van der Waals surface area (Å²) < 4.78 is 11.2. The van der Waals surface area contributed by atoms with Gasteiger partial charge in [0.2, 0.25) is 5.91 Å². The Hall–Kier alpha value is -1.75. The Balaban J connectivity index is 1.85. The third kappa shape index (κ3) is 3.63. The number of carbonyl (C=O) groups is 1. The number of amides is 1. The molecule has 5 heteroatoms. The summed E-state index contributed by atoms with van der Waals surface area (Å²) in [5, 5.41) is 3.14. The zero-order valence-corrected chi connectivity index (χ0v) is 12.1. The van der Waals surface area contributed by atoms with E-state index in [4.69, 9.17) is 9.47 Å². The average molecular weight is 278 g/mol. The van der Waals surface area contributed by atoms with Crippen molar-refractivity contribution < 1.29 is 14.3 Å². The molecule has 0 bridgehead atoms. The van der Waals surface area contributed by atoms with E-state index in [-0.39, 0.29) is 11.9 Å². The number of nitrogens with one attached hydrogen (secondary N) is 1. The van der Waals surface area contributed by atoms with Crippen molar-refractivity contribution in [1.29, 1.82) is 0 Å².